The first-order chi connectivity index (χ1) is 11.6. The van der Waals surface area contributed by atoms with Crippen molar-refractivity contribution in [1.82, 2.24) is 15.1 Å². The van der Waals surface area contributed by atoms with Gasteiger partial charge >= 0.3 is 0 Å². The Morgan fingerprint density at radius 1 is 0.923 bits per heavy atom. The minimum Gasteiger partial charge on any atom is -0.352 e. The molecule has 0 atom stereocenters. The fourth-order valence-corrected chi connectivity index (χ4v) is 4.37. The number of rotatable bonds is 4. The summed E-state index contributed by atoms with van der Waals surface area (Å²) in [6, 6.07) is 0.369. The molecule has 0 bridgehead atoms. The van der Waals surface area contributed by atoms with Gasteiger partial charge < -0.3 is 16.0 Å². The summed E-state index contributed by atoms with van der Waals surface area (Å²) >= 11 is 0. The van der Waals surface area contributed by atoms with Crippen molar-refractivity contribution in [2.45, 2.75) is 69.4 Å². The van der Waals surface area contributed by atoms with Gasteiger partial charge in [0.15, 0.2) is 0 Å². The van der Waals surface area contributed by atoms with Crippen LogP contribution in [0.1, 0.15) is 57.8 Å². The second kappa shape index (κ2) is 10.7. The lowest BCUT2D eigenvalue weighted by Gasteiger charge is -2.38. The summed E-state index contributed by atoms with van der Waals surface area (Å²) in [4.78, 5) is 28.9. The van der Waals surface area contributed by atoms with Crippen molar-refractivity contribution in [3.8, 4) is 0 Å². The monoisotopic (exact) mass is 408 g/mol. The van der Waals surface area contributed by atoms with E-state index >= 15 is 0 Å². The van der Waals surface area contributed by atoms with Gasteiger partial charge in [0.05, 0.1) is 12.1 Å². The van der Waals surface area contributed by atoms with Crippen molar-refractivity contribution >= 4 is 36.6 Å². The lowest BCUT2D eigenvalue weighted by molar-refractivity contribution is -0.138. The van der Waals surface area contributed by atoms with Crippen LogP contribution >= 0.6 is 24.8 Å². The van der Waals surface area contributed by atoms with Gasteiger partial charge in [0.2, 0.25) is 11.8 Å². The van der Waals surface area contributed by atoms with Crippen LogP contribution in [0.2, 0.25) is 0 Å². The van der Waals surface area contributed by atoms with E-state index in [4.69, 9.17) is 5.73 Å². The first-order valence-electron chi connectivity index (χ1n) is 9.67. The van der Waals surface area contributed by atoms with Crippen LogP contribution in [0.5, 0.6) is 0 Å². The number of hydrogen-bond donors (Lipinski definition) is 2. The first-order valence-corrected chi connectivity index (χ1v) is 9.67. The Hall–Kier alpha value is -0.560. The largest absolute Gasteiger partial charge is 0.352 e. The normalized spacial score (nSPS) is 23.7. The van der Waals surface area contributed by atoms with Crippen LogP contribution in [0.3, 0.4) is 0 Å². The van der Waals surface area contributed by atoms with Crippen molar-refractivity contribution in [2.24, 2.45) is 5.73 Å². The highest BCUT2D eigenvalue weighted by atomic mass is 35.5. The maximum Gasteiger partial charge on any atom is 0.242 e. The smallest absolute Gasteiger partial charge is 0.242 e. The fraction of sp³-hybridized carbons (Fsp3) is 0.889. The molecule has 3 fully saturated rings. The summed E-state index contributed by atoms with van der Waals surface area (Å²) in [6.45, 7) is 3.36. The first kappa shape index (κ1) is 23.5. The molecule has 3 N–H and O–H groups in total. The van der Waals surface area contributed by atoms with E-state index in [2.05, 4.69) is 10.2 Å². The SMILES string of the molecule is Cl.Cl.NC1(C(=O)N2CCN(CC(=O)NC3CCCCC3)CC2)CCCC1. The van der Waals surface area contributed by atoms with Crippen LogP contribution in [0.25, 0.3) is 0 Å². The minimum atomic E-state index is -0.624. The highest BCUT2D eigenvalue weighted by molar-refractivity contribution is 5.86. The van der Waals surface area contributed by atoms with Gasteiger partial charge in [0.25, 0.3) is 0 Å². The molecule has 2 saturated carbocycles. The predicted molar refractivity (Wildman–Crippen MR) is 108 cm³/mol. The molecule has 1 heterocycles. The Balaban J connectivity index is 0.00000169. The van der Waals surface area contributed by atoms with E-state index < -0.39 is 5.54 Å². The Morgan fingerprint density at radius 3 is 2.08 bits per heavy atom. The molecule has 0 radical (unpaired) electrons. The number of nitrogens with zero attached hydrogens (tertiary/aromatic N) is 2. The topological polar surface area (TPSA) is 78.7 Å². The van der Waals surface area contributed by atoms with Crippen LogP contribution in [0, 0.1) is 0 Å². The highest BCUT2D eigenvalue weighted by Crippen LogP contribution is 2.29. The molecule has 0 aromatic carbocycles. The van der Waals surface area contributed by atoms with Crippen LogP contribution in [0.15, 0.2) is 0 Å². The zero-order valence-corrected chi connectivity index (χ0v) is 17.2. The molecular weight excluding hydrogens is 375 g/mol. The second-order valence-corrected chi connectivity index (χ2v) is 7.83. The zero-order valence-electron chi connectivity index (χ0n) is 15.6. The third-order valence-electron chi connectivity index (χ3n) is 5.92. The summed E-state index contributed by atoms with van der Waals surface area (Å²) in [7, 11) is 0. The van der Waals surface area contributed by atoms with Crippen molar-refractivity contribution in [1.29, 1.82) is 0 Å². The van der Waals surface area contributed by atoms with Gasteiger partial charge in [0, 0.05) is 32.2 Å². The average molecular weight is 409 g/mol. The molecule has 6 nitrogen and oxygen atoms in total. The molecule has 8 heteroatoms. The summed E-state index contributed by atoms with van der Waals surface area (Å²) in [5.74, 6) is 0.249. The van der Waals surface area contributed by atoms with Gasteiger partial charge in [-0.05, 0) is 25.7 Å². The standard InChI is InChI=1S/C18H32N4O2.2ClH/c19-18(8-4-5-9-18)17(24)22-12-10-21(11-13-22)14-16(23)20-15-6-2-1-3-7-15;;/h15H,1-14,19H2,(H,20,23);2*1H. The van der Waals surface area contributed by atoms with Gasteiger partial charge in [-0.2, -0.15) is 0 Å². The third kappa shape index (κ3) is 5.98. The number of nitrogens with one attached hydrogen (secondary N) is 1. The van der Waals surface area contributed by atoms with Gasteiger partial charge in [-0.15, -0.1) is 24.8 Å². The predicted octanol–water partition coefficient (Wildman–Crippen LogP) is 1.69. The van der Waals surface area contributed by atoms with E-state index in [1.165, 1.54) is 19.3 Å². The van der Waals surface area contributed by atoms with E-state index in [1.807, 2.05) is 4.90 Å². The Kier molecular flexibility index (Phi) is 9.65. The second-order valence-electron chi connectivity index (χ2n) is 7.83. The maximum absolute atomic E-state index is 12.6. The lowest BCUT2D eigenvalue weighted by atomic mass is 9.95. The zero-order chi connectivity index (χ0) is 17.0. The Labute approximate surface area is 169 Å². The van der Waals surface area contributed by atoms with E-state index in [0.717, 1.165) is 51.6 Å². The molecule has 1 aliphatic heterocycles. The maximum atomic E-state index is 12.6. The summed E-state index contributed by atoms with van der Waals surface area (Å²) in [6.07, 6.45) is 9.74. The van der Waals surface area contributed by atoms with Crippen LogP contribution < -0.4 is 11.1 Å². The van der Waals surface area contributed by atoms with Crippen LogP contribution in [-0.4, -0.2) is 65.9 Å². The van der Waals surface area contributed by atoms with E-state index in [-0.39, 0.29) is 36.6 Å². The number of carbonyl (C=O) groups is 2. The number of amides is 2. The fourth-order valence-electron chi connectivity index (χ4n) is 4.37. The molecule has 0 unspecified atom stereocenters. The number of hydrogen-bond acceptors (Lipinski definition) is 4. The van der Waals surface area contributed by atoms with E-state index in [9.17, 15) is 9.59 Å². The molecule has 1 saturated heterocycles. The van der Waals surface area contributed by atoms with Crippen LogP contribution in [-0.2, 0) is 9.59 Å². The Morgan fingerprint density at radius 2 is 1.50 bits per heavy atom. The number of nitrogens with two attached hydrogens (primary N) is 1. The molecule has 3 rings (SSSR count). The quantitative estimate of drug-likeness (QED) is 0.741. The Bertz CT molecular complexity index is 458. The molecule has 3 aliphatic rings. The van der Waals surface area contributed by atoms with Crippen molar-refractivity contribution < 1.29 is 9.59 Å². The molecule has 2 amide bonds. The van der Waals surface area contributed by atoms with E-state index in [0.29, 0.717) is 25.7 Å². The number of piperazine rings is 1. The van der Waals surface area contributed by atoms with Crippen molar-refractivity contribution in [3.63, 3.8) is 0 Å². The molecule has 152 valence electrons. The molecular formula is C18H34Cl2N4O2. The number of carbonyl (C=O) groups excluding carboxylic acids is 2. The number of halogens is 2. The van der Waals surface area contributed by atoms with Crippen molar-refractivity contribution in [2.75, 3.05) is 32.7 Å². The van der Waals surface area contributed by atoms with Crippen LogP contribution in [0.4, 0.5) is 0 Å². The van der Waals surface area contributed by atoms with Gasteiger partial charge in [-0.3, -0.25) is 14.5 Å². The third-order valence-corrected chi connectivity index (χ3v) is 5.92. The summed E-state index contributed by atoms with van der Waals surface area (Å²) in [5.41, 5.74) is 5.66. The highest BCUT2D eigenvalue weighted by Gasteiger charge is 2.40. The minimum absolute atomic E-state index is 0. The molecule has 0 aromatic rings. The van der Waals surface area contributed by atoms with Gasteiger partial charge in [0.1, 0.15) is 0 Å². The van der Waals surface area contributed by atoms with Gasteiger partial charge in [-0.1, -0.05) is 32.1 Å². The molecule has 0 spiro atoms. The van der Waals surface area contributed by atoms with Gasteiger partial charge in [-0.25, -0.2) is 0 Å². The molecule has 26 heavy (non-hydrogen) atoms. The lowest BCUT2D eigenvalue weighted by Crippen LogP contribution is -2.59. The summed E-state index contributed by atoms with van der Waals surface area (Å²) < 4.78 is 0. The molecule has 0 aromatic heterocycles. The van der Waals surface area contributed by atoms with E-state index in [1.54, 1.807) is 0 Å². The summed E-state index contributed by atoms with van der Waals surface area (Å²) in [5, 5.41) is 3.17. The average Bonchev–Trinajstić information content (AvgIpc) is 3.04. The molecule has 2 aliphatic carbocycles. The van der Waals surface area contributed by atoms with Crippen molar-refractivity contribution in [3.05, 3.63) is 0 Å².